The smallest absolute Gasteiger partial charge is 0.122 e. The largest absolute Gasteiger partial charge is 0.464 e. The lowest BCUT2D eigenvalue weighted by molar-refractivity contribution is 0.402. The predicted octanol–water partition coefficient (Wildman–Crippen LogP) is 1.45. The van der Waals surface area contributed by atoms with Crippen molar-refractivity contribution in [2.24, 2.45) is 5.73 Å². The van der Waals surface area contributed by atoms with Crippen LogP contribution in [0.3, 0.4) is 0 Å². The quantitative estimate of drug-likeness (QED) is 0.724. The lowest BCUT2D eigenvalue weighted by Gasteiger charge is -2.12. The minimum atomic E-state index is 0.158. The summed E-state index contributed by atoms with van der Waals surface area (Å²) in [7, 11) is 0. The van der Waals surface area contributed by atoms with Crippen LogP contribution in [-0.2, 0) is 6.42 Å². The van der Waals surface area contributed by atoms with Gasteiger partial charge in [0.2, 0.25) is 0 Å². The highest BCUT2D eigenvalue weighted by Crippen LogP contribution is 2.15. The van der Waals surface area contributed by atoms with Crippen LogP contribution in [0.2, 0.25) is 0 Å². The van der Waals surface area contributed by atoms with Crippen molar-refractivity contribution in [2.75, 3.05) is 13.1 Å². The van der Waals surface area contributed by atoms with Crippen molar-refractivity contribution < 1.29 is 4.42 Å². The summed E-state index contributed by atoms with van der Waals surface area (Å²) >= 11 is 0. The van der Waals surface area contributed by atoms with Gasteiger partial charge in [-0.1, -0.05) is 13.8 Å². The fourth-order valence-corrected chi connectivity index (χ4v) is 1.32. The van der Waals surface area contributed by atoms with Crippen LogP contribution in [0, 0.1) is 0 Å². The molecule has 1 atom stereocenters. The number of rotatable bonds is 5. The molecule has 0 aliphatic carbocycles. The summed E-state index contributed by atoms with van der Waals surface area (Å²) in [6, 6.07) is 4.17. The number of aryl methyl sites for hydroxylation is 1. The fraction of sp³-hybridized carbons (Fsp3) is 0.600. The SMILES string of the molecule is CCNC(CN)c1ccc(CC)o1. The molecule has 3 N–H and O–H groups in total. The van der Waals surface area contributed by atoms with Crippen molar-refractivity contribution in [1.29, 1.82) is 0 Å². The Balaban J connectivity index is 2.67. The number of hydrogen-bond acceptors (Lipinski definition) is 3. The Morgan fingerprint density at radius 3 is 2.69 bits per heavy atom. The van der Waals surface area contributed by atoms with Gasteiger partial charge >= 0.3 is 0 Å². The number of furan rings is 1. The summed E-state index contributed by atoms with van der Waals surface area (Å²) in [6.07, 6.45) is 0.934. The van der Waals surface area contributed by atoms with Crippen LogP contribution >= 0.6 is 0 Å². The van der Waals surface area contributed by atoms with Crippen molar-refractivity contribution in [3.05, 3.63) is 23.7 Å². The van der Waals surface area contributed by atoms with Gasteiger partial charge in [-0.05, 0) is 18.7 Å². The van der Waals surface area contributed by atoms with Crippen molar-refractivity contribution in [3.8, 4) is 0 Å². The minimum Gasteiger partial charge on any atom is -0.464 e. The Hall–Kier alpha value is -0.800. The van der Waals surface area contributed by atoms with Gasteiger partial charge in [0.05, 0.1) is 6.04 Å². The Kier molecular flexibility index (Phi) is 3.99. The van der Waals surface area contributed by atoms with Crippen LogP contribution in [0.4, 0.5) is 0 Å². The van der Waals surface area contributed by atoms with Crippen LogP contribution < -0.4 is 11.1 Å². The third-order valence-electron chi connectivity index (χ3n) is 2.06. The van der Waals surface area contributed by atoms with E-state index >= 15 is 0 Å². The second kappa shape index (κ2) is 5.04. The molecule has 1 rings (SSSR count). The predicted molar refractivity (Wildman–Crippen MR) is 53.6 cm³/mol. The molecule has 3 heteroatoms. The molecular formula is C10H18N2O. The molecule has 0 spiro atoms. The number of likely N-dealkylation sites (N-methyl/N-ethyl adjacent to an activating group) is 1. The van der Waals surface area contributed by atoms with Crippen LogP contribution in [0.1, 0.15) is 31.4 Å². The van der Waals surface area contributed by atoms with E-state index in [2.05, 4.69) is 19.2 Å². The summed E-state index contributed by atoms with van der Waals surface area (Å²) in [6.45, 7) is 5.62. The zero-order valence-electron chi connectivity index (χ0n) is 8.34. The molecule has 0 radical (unpaired) electrons. The maximum atomic E-state index is 5.62. The zero-order chi connectivity index (χ0) is 9.68. The lowest BCUT2D eigenvalue weighted by Crippen LogP contribution is -2.27. The molecule has 1 aromatic rings. The molecule has 1 heterocycles. The Labute approximate surface area is 79.3 Å². The Bertz CT molecular complexity index is 245. The minimum absolute atomic E-state index is 0.158. The molecule has 1 unspecified atom stereocenters. The van der Waals surface area contributed by atoms with E-state index in [9.17, 15) is 0 Å². The number of nitrogens with two attached hydrogens (primary N) is 1. The fourth-order valence-electron chi connectivity index (χ4n) is 1.32. The highest BCUT2D eigenvalue weighted by Gasteiger charge is 2.11. The van der Waals surface area contributed by atoms with E-state index in [0.717, 1.165) is 24.5 Å². The maximum absolute atomic E-state index is 5.62. The topological polar surface area (TPSA) is 51.2 Å². The molecular weight excluding hydrogens is 164 g/mol. The Morgan fingerprint density at radius 2 is 2.23 bits per heavy atom. The van der Waals surface area contributed by atoms with Crippen LogP contribution in [0.15, 0.2) is 16.5 Å². The molecule has 0 aliphatic rings. The molecule has 0 amide bonds. The first-order chi connectivity index (χ1) is 6.31. The molecule has 0 bridgehead atoms. The highest BCUT2D eigenvalue weighted by molar-refractivity contribution is 5.11. The van der Waals surface area contributed by atoms with E-state index in [1.54, 1.807) is 0 Å². The summed E-state index contributed by atoms with van der Waals surface area (Å²) < 4.78 is 5.60. The zero-order valence-corrected chi connectivity index (χ0v) is 8.34. The average Bonchev–Trinajstić information content (AvgIpc) is 2.62. The Morgan fingerprint density at radius 1 is 1.46 bits per heavy atom. The van der Waals surface area contributed by atoms with Crippen molar-refractivity contribution in [1.82, 2.24) is 5.32 Å². The molecule has 0 saturated heterocycles. The molecule has 0 aliphatic heterocycles. The van der Waals surface area contributed by atoms with Crippen molar-refractivity contribution >= 4 is 0 Å². The van der Waals surface area contributed by atoms with Gasteiger partial charge in [-0.2, -0.15) is 0 Å². The number of nitrogens with one attached hydrogen (secondary N) is 1. The monoisotopic (exact) mass is 182 g/mol. The molecule has 0 aromatic carbocycles. The number of hydrogen-bond donors (Lipinski definition) is 2. The standard InChI is InChI=1S/C10H18N2O/c1-3-8-5-6-10(13-8)9(7-11)12-4-2/h5-6,9,12H,3-4,7,11H2,1-2H3. The lowest BCUT2D eigenvalue weighted by atomic mass is 10.2. The highest BCUT2D eigenvalue weighted by atomic mass is 16.3. The van der Waals surface area contributed by atoms with E-state index in [-0.39, 0.29) is 6.04 Å². The normalized spacial score (nSPS) is 13.2. The van der Waals surface area contributed by atoms with Gasteiger partial charge in [0.1, 0.15) is 11.5 Å². The second-order valence-corrected chi connectivity index (χ2v) is 3.00. The first-order valence-corrected chi connectivity index (χ1v) is 4.83. The first-order valence-electron chi connectivity index (χ1n) is 4.83. The van der Waals surface area contributed by atoms with Gasteiger partial charge in [-0.15, -0.1) is 0 Å². The van der Waals surface area contributed by atoms with Gasteiger partial charge < -0.3 is 15.5 Å². The molecule has 13 heavy (non-hydrogen) atoms. The van der Waals surface area contributed by atoms with Crippen LogP contribution in [-0.4, -0.2) is 13.1 Å². The van der Waals surface area contributed by atoms with Gasteiger partial charge in [-0.25, -0.2) is 0 Å². The molecule has 3 nitrogen and oxygen atoms in total. The first kappa shape index (κ1) is 10.3. The maximum Gasteiger partial charge on any atom is 0.122 e. The van der Waals surface area contributed by atoms with Gasteiger partial charge in [-0.3, -0.25) is 0 Å². The van der Waals surface area contributed by atoms with Gasteiger partial charge in [0, 0.05) is 13.0 Å². The van der Waals surface area contributed by atoms with E-state index < -0.39 is 0 Å². The van der Waals surface area contributed by atoms with Gasteiger partial charge in [0.15, 0.2) is 0 Å². The van der Waals surface area contributed by atoms with Crippen molar-refractivity contribution in [3.63, 3.8) is 0 Å². The van der Waals surface area contributed by atoms with E-state index in [1.165, 1.54) is 0 Å². The molecule has 0 saturated carbocycles. The summed E-state index contributed by atoms with van der Waals surface area (Å²) in [4.78, 5) is 0. The van der Waals surface area contributed by atoms with Crippen LogP contribution in [0.25, 0.3) is 0 Å². The van der Waals surface area contributed by atoms with Crippen molar-refractivity contribution in [2.45, 2.75) is 26.3 Å². The second-order valence-electron chi connectivity index (χ2n) is 3.00. The van der Waals surface area contributed by atoms with E-state index in [4.69, 9.17) is 10.2 Å². The summed E-state index contributed by atoms with van der Waals surface area (Å²) in [5, 5.41) is 3.27. The van der Waals surface area contributed by atoms with Crippen LogP contribution in [0.5, 0.6) is 0 Å². The third kappa shape index (κ3) is 2.57. The molecule has 0 fully saturated rings. The molecule has 74 valence electrons. The van der Waals surface area contributed by atoms with Gasteiger partial charge in [0.25, 0.3) is 0 Å². The molecule has 1 aromatic heterocycles. The van der Waals surface area contributed by atoms with E-state index in [0.29, 0.717) is 6.54 Å². The summed E-state index contributed by atoms with van der Waals surface area (Å²) in [5.74, 6) is 1.97. The van der Waals surface area contributed by atoms with E-state index in [1.807, 2.05) is 12.1 Å². The summed E-state index contributed by atoms with van der Waals surface area (Å²) in [5.41, 5.74) is 5.62. The average molecular weight is 182 g/mol. The third-order valence-corrected chi connectivity index (χ3v) is 2.06.